The lowest BCUT2D eigenvalue weighted by Crippen LogP contribution is -2.48. The Hall–Kier alpha value is -1.52. The molecule has 0 spiro atoms. The van der Waals surface area contributed by atoms with Crippen LogP contribution in [-0.2, 0) is 15.8 Å². The van der Waals surface area contributed by atoms with Crippen molar-refractivity contribution in [3.05, 3.63) is 53.8 Å². The van der Waals surface area contributed by atoms with Gasteiger partial charge >= 0.3 is 0 Å². The molecule has 0 aromatic heterocycles. The van der Waals surface area contributed by atoms with E-state index in [0.29, 0.717) is 6.61 Å². The maximum absolute atomic E-state index is 6.75. The molecule has 0 saturated carbocycles. The highest BCUT2D eigenvalue weighted by Gasteiger charge is 2.46. The quantitative estimate of drug-likeness (QED) is 0.501. The van der Waals surface area contributed by atoms with Gasteiger partial charge in [0, 0.05) is 5.92 Å². The molecule has 2 atom stereocenters. The van der Waals surface area contributed by atoms with E-state index in [1.165, 1.54) is 0 Å². The van der Waals surface area contributed by atoms with E-state index in [9.17, 15) is 0 Å². The van der Waals surface area contributed by atoms with E-state index in [-0.39, 0.29) is 11.0 Å². The van der Waals surface area contributed by atoms with E-state index in [4.69, 9.17) is 13.9 Å². The molecule has 0 aliphatic heterocycles. The van der Waals surface area contributed by atoms with Gasteiger partial charge in [0.1, 0.15) is 17.1 Å². The van der Waals surface area contributed by atoms with Gasteiger partial charge in [-0.25, -0.2) is 0 Å². The molecule has 1 aromatic carbocycles. The fourth-order valence-corrected chi connectivity index (χ4v) is 4.21. The fourth-order valence-electron chi connectivity index (χ4n) is 3.11. The van der Waals surface area contributed by atoms with Crippen molar-refractivity contribution in [2.45, 2.75) is 71.4 Å². The van der Waals surface area contributed by atoms with E-state index in [1.807, 2.05) is 12.1 Å². The fraction of sp³-hybridized carbons (Fsp3) is 0.565. The molecule has 4 heteroatoms. The van der Waals surface area contributed by atoms with Crippen LogP contribution in [-0.4, -0.2) is 21.0 Å². The third-order valence-electron chi connectivity index (χ3n) is 6.15. The number of allylic oxidation sites excluding steroid dienone is 2. The Kier molecular flexibility index (Phi) is 6.64. The van der Waals surface area contributed by atoms with Crippen molar-refractivity contribution in [3.63, 3.8) is 0 Å². The summed E-state index contributed by atoms with van der Waals surface area (Å²) in [6.45, 7) is 16.4. The maximum Gasteiger partial charge on any atom is 0.250 e. The van der Waals surface area contributed by atoms with Crippen molar-refractivity contribution in [1.29, 1.82) is 0 Å². The van der Waals surface area contributed by atoms with Crippen molar-refractivity contribution < 1.29 is 13.9 Å². The van der Waals surface area contributed by atoms with Crippen molar-refractivity contribution in [2.24, 2.45) is 5.92 Å². The summed E-state index contributed by atoms with van der Waals surface area (Å²) in [6, 6.07) is 8.07. The molecule has 2 rings (SSSR count). The van der Waals surface area contributed by atoms with Gasteiger partial charge in [0.15, 0.2) is 0 Å². The first-order chi connectivity index (χ1) is 12.6. The Labute approximate surface area is 166 Å². The minimum Gasteiger partial charge on any atom is -0.544 e. The molecule has 0 unspecified atom stereocenters. The summed E-state index contributed by atoms with van der Waals surface area (Å²) >= 11 is 0. The number of hydrogen-bond acceptors (Lipinski definition) is 3. The molecule has 1 aliphatic rings. The second kappa shape index (κ2) is 8.23. The van der Waals surface area contributed by atoms with Gasteiger partial charge in [-0.1, -0.05) is 58.9 Å². The summed E-state index contributed by atoms with van der Waals surface area (Å²) in [4.78, 5) is 0. The van der Waals surface area contributed by atoms with E-state index in [1.54, 1.807) is 7.11 Å². The zero-order valence-corrected chi connectivity index (χ0v) is 19.3. The third-order valence-corrected chi connectivity index (χ3v) is 10.5. The maximum atomic E-state index is 6.75. The molecule has 150 valence electrons. The number of rotatable bonds is 7. The van der Waals surface area contributed by atoms with Crippen LogP contribution in [0, 0.1) is 5.92 Å². The van der Waals surface area contributed by atoms with Gasteiger partial charge in [0.2, 0.25) is 8.32 Å². The highest BCUT2D eigenvalue weighted by Crippen LogP contribution is 2.44. The van der Waals surface area contributed by atoms with E-state index < -0.39 is 13.9 Å². The van der Waals surface area contributed by atoms with Crippen LogP contribution < -0.4 is 4.74 Å². The van der Waals surface area contributed by atoms with Gasteiger partial charge in [-0.05, 0) is 48.3 Å². The summed E-state index contributed by atoms with van der Waals surface area (Å²) in [5, 5.41) is 0.147. The van der Waals surface area contributed by atoms with Crippen molar-refractivity contribution in [1.82, 2.24) is 0 Å². The average molecular weight is 389 g/mol. The molecule has 0 heterocycles. The highest BCUT2D eigenvalue weighted by atomic mass is 28.4. The first-order valence-corrected chi connectivity index (χ1v) is 12.8. The minimum absolute atomic E-state index is 0.147. The van der Waals surface area contributed by atoms with Crippen molar-refractivity contribution in [2.75, 3.05) is 7.11 Å². The van der Waals surface area contributed by atoms with Crippen LogP contribution in [0.4, 0.5) is 0 Å². The van der Waals surface area contributed by atoms with Gasteiger partial charge in [0.25, 0.3) is 0 Å². The van der Waals surface area contributed by atoms with Crippen LogP contribution in [0.25, 0.3) is 0 Å². The van der Waals surface area contributed by atoms with E-state index >= 15 is 0 Å². The summed E-state index contributed by atoms with van der Waals surface area (Å²) in [5.41, 5.74) is 0.710. The molecule has 0 amide bonds. The van der Waals surface area contributed by atoms with E-state index in [0.717, 1.165) is 23.5 Å². The largest absolute Gasteiger partial charge is 0.544 e. The molecule has 27 heavy (non-hydrogen) atoms. The SMILES string of the molecule is CC[C@@]1(OCc2ccc(OC)cc2)C(O[Si](C)(C)C(C)(C)C)=CC=C[C@H]1C. The Morgan fingerprint density at radius 3 is 2.26 bits per heavy atom. The van der Waals surface area contributed by atoms with Gasteiger partial charge in [-0.3, -0.25) is 0 Å². The lowest BCUT2D eigenvalue weighted by molar-refractivity contribution is -0.0793. The zero-order chi connectivity index (χ0) is 20.3. The minimum atomic E-state index is -1.95. The van der Waals surface area contributed by atoms with Crippen LogP contribution >= 0.6 is 0 Å². The Morgan fingerprint density at radius 2 is 1.74 bits per heavy atom. The van der Waals surface area contributed by atoms with Gasteiger partial charge in [0.05, 0.1) is 13.7 Å². The molecule has 0 bridgehead atoms. The zero-order valence-electron chi connectivity index (χ0n) is 18.3. The smallest absolute Gasteiger partial charge is 0.250 e. The normalized spacial score (nSPS) is 23.1. The van der Waals surface area contributed by atoms with Crippen LogP contribution in [0.3, 0.4) is 0 Å². The van der Waals surface area contributed by atoms with Crippen LogP contribution in [0.15, 0.2) is 48.3 Å². The van der Waals surface area contributed by atoms with Crippen molar-refractivity contribution in [3.8, 4) is 5.75 Å². The lowest BCUT2D eigenvalue weighted by Gasteiger charge is -2.46. The first kappa shape index (κ1) is 21.8. The molecule has 1 aromatic rings. The molecule has 0 fully saturated rings. The van der Waals surface area contributed by atoms with E-state index in [2.05, 4.69) is 78.1 Å². The number of methoxy groups -OCH3 is 1. The molecule has 0 saturated heterocycles. The average Bonchev–Trinajstić information content (AvgIpc) is 2.61. The summed E-state index contributed by atoms with van der Waals surface area (Å²) in [6.07, 6.45) is 7.31. The predicted octanol–water partition coefficient (Wildman–Crippen LogP) is 6.47. The predicted molar refractivity (Wildman–Crippen MR) is 115 cm³/mol. The number of hydrogen-bond donors (Lipinski definition) is 0. The van der Waals surface area contributed by atoms with Crippen LogP contribution in [0.1, 0.15) is 46.6 Å². The Balaban J connectivity index is 2.26. The van der Waals surface area contributed by atoms with Gasteiger partial charge < -0.3 is 13.9 Å². The van der Waals surface area contributed by atoms with Crippen LogP contribution in [0.5, 0.6) is 5.75 Å². The second-order valence-corrected chi connectivity index (χ2v) is 13.7. The Morgan fingerprint density at radius 1 is 1.11 bits per heavy atom. The standard InChI is InChI=1S/C23H36O3Si/c1-9-23(25-17-19-13-15-20(24-6)16-14-19)18(2)11-10-12-21(23)26-27(7,8)22(3,4)5/h10-16,18H,9,17H2,1-8H3/t18-,23+/m1/s1. The molecule has 0 N–H and O–H groups in total. The summed E-state index contributed by atoms with van der Waals surface area (Å²) in [7, 11) is -0.263. The molecule has 1 aliphatic carbocycles. The number of benzene rings is 1. The van der Waals surface area contributed by atoms with Gasteiger partial charge in [-0.2, -0.15) is 0 Å². The summed E-state index contributed by atoms with van der Waals surface area (Å²) < 4.78 is 18.6. The van der Waals surface area contributed by atoms with Crippen LogP contribution in [0.2, 0.25) is 18.1 Å². The molecule has 3 nitrogen and oxygen atoms in total. The van der Waals surface area contributed by atoms with Crippen molar-refractivity contribution >= 4 is 8.32 Å². The topological polar surface area (TPSA) is 27.7 Å². The first-order valence-electron chi connectivity index (χ1n) is 9.90. The monoisotopic (exact) mass is 388 g/mol. The highest BCUT2D eigenvalue weighted by molar-refractivity contribution is 6.74. The lowest BCUT2D eigenvalue weighted by atomic mass is 9.81. The number of ether oxygens (including phenoxy) is 2. The summed E-state index contributed by atoms with van der Waals surface area (Å²) in [5.74, 6) is 2.10. The molecular formula is C23H36O3Si. The molecule has 0 radical (unpaired) electrons. The van der Waals surface area contributed by atoms with Gasteiger partial charge in [-0.15, -0.1) is 0 Å². The third kappa shape index (κ3) is 4.67. The second-order valence-electron chi connectivity index (χ2n) is 8.95. The molecular weight excluding hydrogens is 352 g/mol. The Bertz CT molecular complexity index is 683.